The number of aryl methyl sites for hydroxylation is 1. The summed E-state index contributed by atoms with van der Waals surface area (Å²) in [4.78, 5) is 14.6. The van der Waals surface area contributed by atoms with Crippen LogP contribution in [0.25, 0.3) is 0 Å². The maximum Gasteiger partial charge on any atom is 0.112 e. The number of hydrogen-bond donors (Lipinski definition) is 2. The largest absolute Gasteiger partial charge is 0.348 e. The molecule has 13 heavy (non-hydrogen) atoms. The lowest BCUT2D eigenvalue weighted by molar-refractivity contribution is 0.947. The lowest BCUT2D eigenvalue weighted by atomic mass is 10.3. The van der Waals surface area contributed by atoms with Gasteiger partial charge in [0.1, 0.15) is 11.6 Å². The Hall–Kier alpha value is -1.58. The van der Waals surface area contributed by atoms with E-state index in [0.29, 0.717) is 0 Å². The standard InChI is InChI=1S/C9H12N4/c1-2-8-12-6-7(13-8)5-9-10-3-4-11-9/h3-4,6H,2,5H2,1H3,(H,10,11)(H,12,13). The quantitative estimate of drug-likeness (QED) is 0.740. The number of aromatic amines is 2. The molecule has 0 saturated heterocycles. The average molecular weight is 176 g/mol. The van der Waals surface area contributed by atoms with Crippen LogP contribution in [0.15, 0.2) is 18.6 Å². The van der Waals surface area contributed by atoms with Crippen LogP contribution < -0.4 is 0 Å². The molecule has 0 amide bonds. The molecular weight excluding hydrogens is 164 g/mol. The fraction of sp³-hybridized carbons (Fsp3) is 0.333. The number of aromatic nitrogens is 4. The van der Waals surface area contributed by atoms with E-state index >= 15 is 0 Å². The average Bonchev–Trinajstić information content (AvgIpc) is 2.76. The smallest absolute Gasteiger partial charge is 0.112 e. The Labute approximate surface area is 76.4 Å². The van der Waals surface area contributed by atoms with E-state index in [1.54, 1.807) is 6.20 Å². The van der Waals surface area contributed by atoms with Crippen molar-refractivity contribution in [2.24, 2.45) is 0 Å². The van der Waals surface area contributed by atoms with Crippen LogP contribution in [0.4, 0.5) is 0 Å². The predicted octanol–water partition coefficient (Wildman–Crippen LogP) is 1.29. The highest BCUT2D eigenvalue weighted by molar-refractivity contribution is 5.08. The van der Waals surface area contributed by atoms with E-state index in [0.717, 1.165) is 30.2 Å². The molecule has 2 rings (SSSR count). The first-order valence-corrected chi connectivity index (χ1v) is 4.39. The van der Waals surface area contributed by atoms with Crippen molar-refractivity contribution < 1.29 is 0 Å². The SMILES string of the molecule is CCc1ncc(Cc2ncc[nH]2)[nH]1. The van der Waals surface area contributed by atoms with Gasteiger partial charge < -0.3 is 9.97 Å². The Bertz CT molecular complexity index is 361. The Morgan fingerprint density at radius 2 is 2.23 bits per heavy atom. The van der Waals surface area contributed by atoms with Crippen molar-refractivity contribution in [3.05, 3.63) is 35.9 Å². The molecule has 4 nitrogen and oxygen atoms in total. The van der Waals surface area contributed by atoms with Gasteiger partial charge in [-0.2, -0.15) is 0 Å². The van der Waals surface area contributed by atoms with Crippen LogP contribution in [0.1, 0.15) is 24.3 Å². The topological polar surface area (TPSA) is 57.4 Å². The normalized spacial score (nSPS) is 10.5. The summed E-state index contributed by atoms with van der Waals surface area (Å²) in [6.07, 6.45) is 7.18. The summed E-state index contributed by atoms with van der Waals surface area (Å²) in [6, 6.07) is 0. The zero-order valence-corrected chi connectivity index (χ0v) is 7.54. The van der Waals surface area contributed by atoms with E-state index in [1.165, 1.54) is 0 Å². The van der Waals surface area contributed by atoms with Crippen molar-refractivity contribution in [1.82, 2.24) is 19.9 Å². The van der Waals surface area contributed by atoms with Gasteiger partial charge in [-0.3, -0.25) is 0 Å². The van der Waals surface area contributed by atoms with E-state index in [2.05, 4.69) is 26.9 Å². The molecule has 2 aromatic heterocycles. The molecule has 0 spiro atoms. The molecule has 0 saturated carbocycles. The second-order valence-corrected chi connectivity index (χ2v) is 2.92. The first-order valence-electron chi connectivity index (χ1n) is 4.39. The van der Waals surface area contributed by atoms with Crippen LogP contribution >= 0.6 is 0 Å². The first kappa shape index (κ1) is 8.04. The van der Waals surface area contributed by atoms with Crippen LogP contribution in [0.5, 0.6) is 0 Å². The Morgan fingerprint density at radius 3 is 2.85 bits per heavy atom. The lowest BCUT2D eigenvalue weighted by Gasteiger charge is -1.91. The van der Waals surface area contributed by atoms with Crippen molar-refractivity contribution in [1.29, 1.82) is 0 Å². The highest BCUT2D eigenvalue weighted by Crippen LogP contribution is 2.02. The van der Waals surface area contributed by atoms with Gasteiger partial charge in [-0.15, -0.1) is 0 Å². The fourth-order valence-corrected chi connectivity index (χ4v) is 1.25. The van der Waals surface area contributed by atoms with Gasteiger partial charge in [-0.05, 0) is 0 Å². The van der Waals surface area contributed by atoms with E-state index in [9.17, 15) is 0 Å². The van der Waals surface area contributed by atoms with Gasteiger partial charge >= 0.3 is 0 Å². The molecule has 2 heterocycles. The van der Waals surface area contributed by atoms with Gasteiger partial charge in [0.05, 0.1) is 0 Å². The Balaban J connectivity index is 2.10. The van der Waals surface area contributed by atoms with Crippen LogP contribution in [0.2, 0.25) is 0 Å². The molecule has 0 atom stereocenters. The van der Waals surface area contributed by atoms with Crippen molar-refractivity contribution in [2.45, 2.75) is 19.8 Å². The minimum atomic E-state index is 0.792. The summed E-state index contributed by atoms with van der Waals surface area (Å²) < 4.78 is 0. The minimum absolute atomic E-state index is 0.792. The van der Waals surface area contributed by atoms with Crippen molar-refractivity contribution in [2.75, 3.05) is 0 Å². The molecular formula is C9H12N4. The molecule has 2 aromatic rings. The molecule has 0 aliphatic carbocycles. The molecule has 0 unspecified atom stereocenters. The molecule has 0 radical (unpaired) electrons. The van der Waals surface area contributed by atoms with Crippen LogP contribution in [-0.2, 0) is 12.8 Å². The maximum atomic E-state index is 4.22. The fourth-order valence-electron chi connectivity index (χ4n) is 1.25. The molecule has 0 aromatic carbocycles. The molecule has 0 fully saturated rings. The monoisotopic (exact) mass is 176 g/mol. The summed E-state index contributed by atoms with van der Waals surface area (Å²) >= 11 is 0. The lowest BCUT2D eigenvalue weighted by Crippen LogP contribution is -1.91. The van der Waals surface area contributed by atoms with Crippen LogP contribution in [0.3, 0.4) is 0 Å². The zero-order valence-electron chi connectivity index (χ0n) is 7.54. The molecule has 4 heteroatoms. The summed E-state index contributed by atoms with van der Waals surface area (Å²) in [7, 11) is 0. The van der Waals surface area contributed by atoms with Crippen molar-refractivity contribution in [3.8, 4) is 0 Å². The number of nitrogens with zero attached hydrogens (tertiary/aromatic N) is 2. The van der Waals surface area contributed by atoms with Gasteiger partial charge in [0.25, 0.3) is 0 Å². The second kappa shape index (κ2) is 3.43. The third kappa shape index (κ3) is 1.77. The number of H-pyrrole nitrogens is 2. The van der Waals surface area contributed by atoms with E-state index < -0.39 is 0 Å². The van der Waals surface area contributed by atoms with Gasteiger partial charge in [0.15, 0.2) is 0 Å². The summed E-state index contributed by atoms with van der Waals surface area (Å²) in [5.41, 5.74) is 1.10. The third-order valence-corrected chi connectivity index (χ3v) is 1.93. The van der Waals surface area contributed by atoms with E-state index in [-0.39, 0.29) is 0 Å². The van der Waals surface area contributed by atoms with E-state index in [1.807, 2.05) is 12.4 Å². The molecule has 68 valence electrons. The van der Waals surface area contributed by atoms with Crippen molar-refractivity contribution >= 4 is 0 Å². The Kier molecular flexibility index (Phi) is 2.12. The molecule has 2 N–H and O–H groups in total. The third-order valence-electron chi connectivity index (χ3n) is 1.93. The second-order valence-electron chi connectivity index (χ2n) is 2.92. The molecule has 0 aliphatic rings. The van der Waals surface area contributed by atoms with Gasteiger partial charge in [-0.1, -0.05) is 6.92 Å². The summed E-state index contributed by atoms with van der Waals surface area (Å²) in [5.74, 6) is 1.99. The highest BCUT2D eigenvalue weighted by atomic mass is 14.9. The summed E-state index contributed by atoms with van der Waals surface area (Å²) in [6.45, 7) is 2.08. The van der Waals surface area contributed by atoms with E-state index in [4.69, 9.17) is 0 Å². The maximum absolute atomic E-state index is 4.22. The van der Waals surface area contributed by atoms with Crippen LogP contribution in [0, 0.1) is 0 Å². The number of nitrogens with one attached hydrogen (secondary N) is 2. The first-order chi connectivity index (χ1) is 6.38. The Morgan fingerprint density at radius 1 is 1.31 bits per heavy atom. The highest BCUT2D eigenvalue weighted by Gasteiger charge is 2.01. The number of hydrogen-bond acceptors (Lipinski definition) is 2. The predicted molar refractivity (Wildman–Crippen MR) is 49.4 cm³/mol. The molecule has 0 aliphatic heterocycles. The number of rotatable bonds is 3. The van der Waals surface area contributed by atoms with Gasteiger partial charge in [-0.25, -0.2) is 9.97 Å². The number of imidazole rings is 2. The minimum Gasteiger partial charge on any atom is -0.348 e. The zero-order chi connectivity index (χ0) is 9.10. The summed E-state index contributed by atoms with van der Waals surface area (Å²) in [5, 5.41) is 0. The van der Waals surface area contributed by atoms with Gasteiger partial charge in [0, 0.05) is 37.1 Å². The van der Waals surface area contributed by atoms with Gasteiger partial charge in [0.2, 0.25) is 0 Å². The van der Waals surface area contributed by atoms with Crippen molar-refractivity contribution in [3.63, 3.8) is 0 Å². The molecule has 0 bridgehead atoms. The van der Waals surface area contributed by atoms with Crippen LogP contribution in [-0.4, -0.2) is 19.9 Å².